The Kier molecular flexibility index (Phi) is 3.66. The van der Waals surface area contributed by atoms with Crippen LogP contribution in [-0.2, 0) is 0 Å². The molecule has 1 aromatic heterocycles. The second-order valence-electron chi connectivity index (χ2n) is 3.60. The molecule has 0 amide bonds. The Hall–Kier alpha value is -1.10. The number of likely N-dealkylation sites (N-methyl/N-ethyl adjacent to an activating group) is 1. The van der Waals surface area contributed by atoms with Crippen molar-refractivity contribution in [2.75, 3.05) is 25.1 Å². The van der Waals surface area contributed by atoms with Crippen LogP contribution in [0.25, 0.3) is 10.9 Å². The average Bonchev–Trinajstić information content (AvgIpc) is 2.28. The van der Waals surface area contributed by atoms with Gasteiger partial charge in [-0.1, -0.05) is 17.7 Å². The molecule has 1 N–H and O–H groups in total. The van der Waals surface area contributed by atoms with Crippen LogP contribution in [0.2, 0.25) is 10.3 Å². The number of nitrogens with zero attached hydrogens (tertiary/aromatic N) is 3. The third kappa shape index (κ3) is 2.44. The van der Waals surface area contributed by atoms with Crippen LogP contribution in [0.1, 0.15) is 0 Å². The first kappa shape index (κ1) is 12.4. The summed E-state index contributed by atoms with van der Waals surface area (Å²) in [6.07, 6.45) is 0. The van der Waals surface area contributed by atoms with Gasteiger partial charge >= 0.3 is 0 Å². The van der Waals surface area contributed by atoms with Gasteiger partial charge in [-0.25, -0.2) is 4.98 Å². The Morgan fingerprint density at radius 3 is 2.76 bits per heavy atom. The molecule has 6 heteroatoms. The number of halogens is 2. The summed E-state index contributed by atoms with van der Waals surface area (Å²) in [7, 11) is 1.82. The molecule has 0 spiro atoms. The lowest BCUT2D eigenvalue weighted by molar-refractivity contribution is 0.304. The van der Waals surface area contributed by atoms with Gasteiger partial charge in [-0.05, 0) is 23.7 Å². The fourth-order valence-corrected chi connectivity index (χ4v) is 2.05. The molecule has 0 fully saturated rings. The summed E-state index contributed by atoms with van der Waals surface area (Å²) in [6.45, 7) is 0.484. The predicted octanol–water partition coefficient (Wildman–Crippen LogP) is 2.37. The molecule has 0 aliphatic heterocycles. The van der Waals surface area contributed by atoms with E-state index >= 15 is 0 Å². The third-order valence-electron chi connectivity index (χ3n) is 2.42. The van der Waals surface area contributed by atoms with Gasteiger partial charge in [-0.15, -0.1) is 0 Å². The van der Waals surface area contributed by atoms with E-state index in [0.29, 0.717) is 22.9 Å². The number of aliphatic hydroxyl groups excluding tert-OH is 1. The highest BCUT2D eigenvalue weighted by Gasteiger charge is 2.13. The smallest absolute Gasteiger partial charge is 0.224 e. The molecule has 4 nitrogen and oxygen atoms in total. The van der Waals surface area contributed by atoms with Crippen LogP contribution in [0.15, 0.2) is 18.2 Å². The zero-order valence-corrected chi connectivity index (χ0v) is 10.7. The first-order chi connectivity index (χ1) is 8.13. The summed E-state index contributed by atoms with van der Waals surface area (Å²) >= 11 is 12.0. The number of aromatic nitrogens is 2. The molecule has 2 aromatic rings. The summed E-state index contributed by atoms with van der Waals surface area (Å²) in [5, 5.41) is 10.4. The second kappa shape index (κ2) is 5.04. The van der Waals surface area contributed by atoms with Gasteiger partial charge in [0, 0.05) is 13.6 Å². The molecule has 0 aliphatic carbocycles. The quantitative estimate of drug-likeness (QED) is 0.871. The van der Waals surface area contributed by atoms with E-state index < -0.39 is 0 Å². The number of anilines is 1. The molecular formula is C11H11Cl2N3O. The molecule has 0 saturated carbocycles. The molecular weight excluding hydrogens is 261 g/mol. The van der Waals surface area contributed by atoms with Crippen molar-refractivity contribution in [2.24, 2.45) is 0 Å². The molecule has 17 heavy (non-hydrogen) atoms. The van der Waals surface area contributed by atoms with Crippen molar-refractivity contribution in [3.8, 4) is 0 Å². The van der Waals surface area contributed by atoms with Crippen LogP contribution in [0.4, 0.5) is 5.82 Å². The van der Waals surface area contributed by atoms with Crippen molar-refractivity contribution in [1.82, 2.24) is 9.97 Å². The zero-order chi connectivity index (χ0) is 12.4. The Morgan fingerprint density at radius 2 is 2.06 bits per heavy atom. The summed E-state index contributed by atoms with van der Waals surface area (Å²) in [5.74, 6) is 0.625. The summed E-state index contributed by atoms with van der Waals surface area (Å²) < 4.78 is 0. The van der Waals surface area contributed by atoms with Gasteiger partial charge in [0.05, 0.1) is 22.5 Å². The molecule has 0 saturated heterocycles. The Morgan fingerprint density at radius 1 is 1.29 bits per heavy atom. The lowest BCUT2D eigenvalue weighted by atomic mass is 10.2. The first-order valence-electron chi connectivity index (χ1n) is 5.07. The molecule has 1 heterocycles. The lowest BCUT2D eigenvalue weighted by Gasteiger charge is -2.19. The van der Waals surface area contributed by atoms with Crippen LogP contribution in [0, 0.1) is 0 Å². The Bertz CT molecular complexity index is 547. The second-order valence-corrected chi connectivity index (χ2v) is 4.34. The fraction of sp³-hybridized carbons (Fsp3) is 0.273. The van der Waals surface area contributed by atoms with E-state index in [-0.39, 0.29) is 11.9 Å². The number of aliphatic hydroxyl groups is 1. The first-order valence-corrected chi connectivity index (χ1v) is 5.83. The van der Waals surface area contributed by atoms with Crippen molar-refractivity contribution >= 4 is 39.9 Å². The topological polar surface area (TPSA) is 49.2 Å². The van der Waals surface area contributed by atoms with Crippen LogP contribution in [-0.4, -0.2) is 35.3 Å². The predicted molar refractivity (Wildman–Crippen MR) is 69.9 cm³/mol. The van der Waals surface area contributed by atoms with Gasteiger partial charge in [-0.3, -0.25) is 0 Å². The summed E-state index contributed by atoms with van der Waals surface area (Å²) in [4.78, 5) is 10.1. The van der Waals surface area contributed by atoms with E-state index in [4.69, 9.17) is 28.3 Å². The number of fused-ring (bicyclic) bond motifs is 1. The SMILES string of the molecule is CN(CCO)c1nc(Cl)nc2cccc(Cl)c12. The van der Waals surface area contributed by atoms with Gasteiger partial charge in [0.2, 0.25) is 5.28 Å². The van der Waals surface area contributed by atoms with Crippen LogP contribution < -0.4 is 4.90 Å². The van der Waals surface area contributed by atoms with Gasteiger partial charge in [0.25, 0.3) is 0 Å². The maximum atomic E-state index is 8.96. The molecule has 0 bridgehead atoms. The summed E-state index contributed by atoms with van der Waals surface area (Å²) in [6, 6.07) is 5.41. The van der Waals surface area contributed by atoms with E-state index in [0.717, 1.165) is 5.39 Å². The van der Waals surface area contributed by atoms with Gasteiger partial charge in [-0.2, -0.15) is 4.98 Å². The minimum absolute atomic E-state index is 0.0318. The van der Waals surface area contributed by atoms with Crippen LogP contribution in [0.5, 0.6) is 0 Å². The van der Waals surface area contributed by atoms with Gasteiger partial charge in [0.1, 0.15) is 5.82 Å². The maximum absolute atomic E-state index is 8.96. The Labute approximate surface area is 109 Å². The van der Waals surface area contributed by atoms with Crippen molar-refractivity contribution in [3.05, 3.63) is 28.5 Å². The van der Waals surface area contributed by atoms with Crippen LogP contribution >= 0.6 is 23.2 Å². The monoisotopic (exact) mass is 271 g/mol. The molecule has 2 rings (SSSR count). The Balaban J connectivity index is 2.67. The van der Waals surface area contributed by atoms with E-state index in [1.54, 1.807) is 11.0 Å². The lowest BCUT2D eigenvalue weighted by Crippen LogP contribution is -2.22. The maximum Gasteiger partial charge on any atom is 0.224 e. The number of hydrogen-bond donors (Lipinski definition) is 1. The minimum atomic E-state index is 0.0318. The van der Waals surface area contributed by atoms with Crippen molar-refractivity contribution in [2.45, 2.75) is 0 Å². The van der Waals surface area contributed by atoms with Gasteiger partial charge in [0.15, 0.2) is 0 Å². The molecule has 0 unspecified atom stereocenters. The summed E-state index contributed by atoms with van der Waals surface area (Å²) in [5.41, 5.74) is 0.692. The number of hydrogen-bond acceptors (Lipinski definition) is 4. The fourth-order valence-electron chi connectivity index (χ4n) is 1.63. The molecule has 0 radical (unpaired) electrons. The highest BCUT2D eigenvalue weighted by atomic mass is 35.5. The highest BCUT2D eigenvalue weighted by Crippen LogP contribution is 2.30. The van der Waals surface area contributed by atoms with Gasteiger partial charge < -0.3 is 10.0 Å². The largest absolute Gasteiger partial charge is 0.395 e. The molecule has 1 aromatic carbocycles. The highest BCUT2D eigenvalue weighted by molar-refractivity contribution is 6.36. The van der Waals surface area contributed by atoms with E-state index in [9.17, 15) is 0 Å². The molecule has 0 atom stereocenters. The average molecular weight is 272 g/mol. The van der Waals surface area contributed by atoms with E-state index in [2.05, 4.69) is 9.97 Å². The van der Waals surface area contributed by atoms with Crippen molar-refractivity contribution in [1.29, 1.82) is 0 Å². The zero-order valence-electron chi connectivity index (χ0n) is 9.19. The number of benzene rings is 1. The van der Waals surface area contributed by atoms with Crippen LogP contribution in [0.3, 0.4) is 0 Å². The van der Waals surface area contributed by atoms with Crippen molar-refractivity contribution < 1.29 is 5.11 Å². The molecule has 90 valence electrons. The normalized spacial score (nSPS) is 10.8. The van der Waals surface area contributed by atoms with Crippen molar-refractivity contribution in [3.63, 3.8) is 0 Å². The third-order valence-corrected chi connectivity index (χ3v) is 2.91. The standard InChI is InChI=1S/C11H11Cl2N3O/c1-16(5-6-17)10-9-7(12)3-2-4-8(9)14-11(13)15-10/h2-4,17H,5-6H2,1H3. The number of rotatable bonds is 3. The van der Waals surface area contributed by atoms with E-state index in [1.165, 1.54) is 0 Å². The molecule has 0 aliphatic rings. The van der Waals surface area contributed by atoms with E-state index in [1.807, 2.05) is 19.2 Å². The minimum Gasteiger partial charge on any atom is -0.395 e.